The number of alkyl halides is 1. The van der Waals surface area contributed by atoms with E-state index in [0.717, 1.165) is 16.6 Å². The molecule has 0 bridgehead atoms. The quantitative estimate of drug-likeness (QED) is 0.758. The highest BCUT2D eigenvalue weighted by atomic mass is 79.9. The summed E-state index contributed by atoms with van der Waals surface area (Å²) in [4.78, 5) is 4.31. The summed E-state index contributed by atoms with van der Waals surface area (Å²) in [7, 11) is 0. The van der Waals surface area contributed by atoms with Gasteiger partial charge in [0.05, 0.1) is 5.69 Å². The van der Waals surface area contributed by atoms with Crippen molar-refractivity contribution in [3.05, 3.63) is 28.5 Å². The minimum atomic E-state index is 0.110. The normalized spacial score (nSPS) is 11.7. The third-order valence-electron chi connectivity index (χ3n) is 1.84. The molecule has 13 heavy (non-hydrogen) atoms. The molecular formula is C10H13BrClN. The zero-order chi connectivity index (χ0) is 9.90. The van der Waals surface area contributed by atoms with Crippen LogP contribution in [0.25, 0.3) is 0 Å². The van der Waals surface area contributed by atoms with Gasteiger partial charge >= 0.3 is 0 Å². The smallest absolute Gasteiger partial charge is 0.0551 e. The molecule has 0 aromatic carbocycles. The van der Waals surface area contributed by atoms with E-state index in [0.29, 0.717) is 5.88 Å². The molecule has 0 saturated heterocycles. The molecule has 0 unspecified atom stereocenters. The molecule has 0 fully saturated rings. The summed E-state index contributed by atoms with van der Waals surface area (Å²) in [6, 6.07) is 3.92. The van der Waals surface area contributed by atoms with Crippen molar-refractivity contribution in [2.45, 2.75) is 20.3 Å². The monoisotopic (exact) mass is 261 g/mol. The van der Waals surface area contributed by atoms with Gasteiger partial charge in [-0.05, 0) is 39.9 Å². The lowest BCUT2D eigenvalue weighted by Gasteiger charge is -2.20. The van der Waals surface area contributed by atoms with E-state index in [9.17, 15) is 0 Å². The van der Waals surface area contributed by atoms with Gasteiger partial charge < -0.3 is 0 Å². The van der Waals surface area contributed by atoms with E-state index in [4.69, 9.17) is 11.6 Å². The van der Waals surface area contributed by atoms with E-state index in [1.165, 1.54) is 0 Å². The first kappa shape index (κ1) is 11.0. The van der Waals surface area contributed by atoms with Crippen LogP contribution in [0.5, 0.6) is 0 Å². The van der Waals surface area contributed by atoms with E-state index in [1.807, 2.05) is 18.3 Å². The number of nitrogens with zero attached hydrogens (tertiary/aromatic N) is 1. The molecule has 0 aliphatic carbocycles. The third-order valence-corrected chi connectivity index (χ3v) is 3.29. The number of hydrogen-bond donors (Lipinski definition) is 0. The van der Waals surface area contributed by atoms with Crippen molar-refractivity contribution >= 4 is 27.5 Å². The van der Waals surface area contributed by atoms with Crippen molar-refractivity contribution in [1.29, 1.82) is 0 Å². The van der Waals surface area contributed by atoms with Crippen LogP contribution in [-0.4, -0.2) is 10.9 Å². The van der Waals surface area contributed by atoms with Crippen LogP contribution >= 0.6 is 27.5 Å². The molecule has 1 aromatic rings. The molecule has 0 aliphatic rings. The van der Waals surface area contributed by atoms with Gasteiger partial charge in [0.2, 0.25) is 0 Å². The Labute approximate surface area is 92.6 Å². The predicted octanol–water partition coefficient (Wildman–Crippen LogP) is 3.65. The van der Waals surface area contributed by atoms with Gasteiger partial charge in [-0.2, -0.15) is 0 Å². The van der Waals surface area contributed by atoms with Crippen LogP contribution in [0, 0.1) is 5.41 Å². The fraction of sp³-hybridized carbons (Fsp3) is 0.500. The minimum Gasteiger partial charge on any atom is -0.260 e. The highest BCUT2D eigenvalue weighted by Gasteiger charge is 2.18. The van der Waals surface area contributed by atoms with E-state index in [2.05, 4.69) is 34.8 Å². The predicted molar refractivity (Wildman–Crippen MR) is 60.1 cm³/mol. The van der Waals surface area contributed by atoms with Crippen molar-refractivity contribution < 1.29 is 0 Å². The van der Waals surface area contributed by atoms with E-state index in [-0.39, 0.29) is 5.41 Å². The van der Waals surface area contributed by atoms with Gasteiger partial charge in [0, 0.05) is 16.5 Å². The largest absolute Gasteiger partial charge is 0.260 e. The summed E-state index contributed by atoms with van der Waals surface area (Å²) in [5.74, 6) is 0.649. The Morgan fingerprint density at radius 2 is 2.23 bits per heavy atom. The summed E-state index contributed by atoms with van der Waals surface area (Å²) in [6.07, 6.45) is 2.71. The highest BCUT2D eigenvalue weighted by molar-refractivity contribution is 9.10. The molecule has 1 nitrogen and oxygen atoms in total. The Morgan fingerprint density at radius 1 is 1.54 bits per heavy atom. The van der Waals surface area contributed by atoms with Crippen molar-refractivity contribution in [1.82, 2.24) is 4.98 Å². The molecule has 0 saturated carbocycles. The first-order valence-electron chi connectivity index (χ1n) is 4.20. The molecule has 0 aliphatic heterocycles. The van der Waals surface area contributed by atoms with Gasteiger partial charge in [-0.3, -0.25) is 4.98 Å². The van der Waals surface area contributed by atoms with Crippen LogP contribution in [-0.2, 0) is 6.42 Å². The summed E-state index contributed by atoms with van der Waals surface area (Å²) in [5, 5.41) is 0. The summed E-state index contributed by atoms with van der Waals surface area (Å²) < 4.78 is 1.06. The lowest BCUT2D eigenvalue weighted by atomic mass is 9.90. The second-order valence-corrected chi connectivity index (χ2v) is 5.03. The van der Waals surface area contributed by atoms with Gasteiger partial charge in [-0.1, -0.05) is 13.8 Å². The van der Waals surface area contributed by atoms with Crippen molar-refractivity contribution in [2.75, 3.05) is 5.88 Å². The van der Waals surface area contributed by atoms with Crippen molar-refractivity contribution in [3.63, 3.8) is 0 Å². The Bertz CT molecular complexity index is 286. The number of halogens is 2. The van der Waals surface area contributed by atoms with Gasteiger partial charge in [0.15, 0.2) is 0 Å². The number of rotatable bonds is 3. The minimum absolute atomic E-state index is 0.110. The van der Waals surface area contributed by atoms with E-state index >= 15 is 0 Å². The fourth-order valence-electron chi connectivity index (χ4n) is 1.05. The SMILES string of the molecule is CC(C)(CCl)Cc1ncccc1Br. The Balaban J connectivity index is 2.80. The zero-order valence-corrected chi connectivity index (χ0v) is 10.2. The lowest BCUT2D eigenvalue weighted by molar-refractivity contribution is 0.412. The molecule has 0 N–H and O–H groups in total. The molecule has 1 aromatic heterocycles. The first-order chi connectivity index (χ1) is 6.05. The van der Waals surface area contributed by atoms with E-state index < -0.39 is 0 Å². The molecule has 0 amide bonds. The average molecular weight is 263 g/mol. The maximum Gasteiger partial charge on any atom is 0.0551 e. The molecule has 0 radical (unpaired) electrons. The van der Waals surface area contributed by atoms with Gasteiger partial charge in [-0.25, -0.2) is 0 Å². The van der Waals surface area contributed by atoms with Crippen LogP contribution in [0.15, 0.2) is 22.8 Å². The standard InChI is InChI=1S/C10H13BrClN/c1-10(2,7-12)6-9-8(11)4-3-5-13-9/h3-5H,6-7H2,1-2H3. The average Bonchev–Trinajstić information content (AvgIpc) is 2.09. The first-order valence-corrected chi connectivity index (χ1v) is 5.53. The fourth-order valence-corrected chi connectivity index (χ4v) is 1.54. The van der Waals surface area contributed by atoms with Gasteiger partial charge in [0.25, 0.3) is 0 Å². The van der Waals surface area contributed by atoms with Crippen LogP contribution < -0.4 is 0 Å². The van der Waals surface area contributed by atoms with Gasteiger partial charge in [0.1, 0.15) is 0 Å². The number of hydrogen-bond acceptors (Lipinski definition) is 1. The topological polar surface area (TPSA) is 12.9 Å². The molecular weight excluding hydrogens is 249 g/mol. The second-order valence-electron chi connectivity index (χ2n) is 3.91. The molecule has 3 heteroatoms. The van der Waals surface area contributed by atoms with Crippen molar-refractivity contribution in [2.24, 2.45) is 5.41 Å². The molecule has 0 spiro atoms. The van der Waals surface area contributed by atoms with Crippen LogP contribution in [0.4, 0.5) is 0 Å². The summed E-state index contributed by atoms with van der Waals surface area (Å²) >= 11 is 9.32. The maximum absolute atomic E-state index is 5.85. The Hall–Kier alpha value is -0.0800. The maximum atomic E-state index is 5.85. The van der Waals surface area contributed by atoms with E-state index in [1.54, 1.807) is 0 Å². The zero-order valence-electron chi connectivity index (χ0n) is 7.85. The third kappa shape index (κ3) is 3.28. The Kier molecular flexibility index (Phi) is 3.74. The van der Waals surface area contributed by atoms with Crippen LogP contribution in [0.2, 0.25) is 0 Å². The van der Waals surface area contributed by atoms with Crippen LogP contribution in [0.3, 0.4) is 0 Å². The van der Waals surface area contributed by atoms with Gasteiger partial charge in [-0.15, -0.1) is 11.6 Å². The number of aromatic nitrogens is 1. The van der Waals surface area contributed by atoms with Crippen molar-refractivity contribution in [3.8, 4) is 0 Å². The molecule has 1 rings (SSSR count). The summed E-state index contributed by atoms with van der Waals surface area (Å²) in [6.45, 7) is 4.28. The number of pyridine rings is 1. The highest BCUT2D eigenvalue weighted by Crippen LogP contribution is 2.25. The molecule has 1 heterocycles. The summed E-state index contributed by atoms with van der Waals surface area (Å²) in [5.41, 5.74) is 1.19. The Morgan fingerprint density at radius 3 is 2.77 bits per heavy atom. The molecule has 0 atom stereocenters. The van der Waals surface area contributed by atoms with Crippen LogP contribution in [0.1, 0.15) is 19.5 Å². The second kappa shape index (κ2) is 4.43. The lowest BCUT2D eigenvalue weighted by Crippen LogP contribution is -2.17. The molecule has 72 valence electrons.